The van der Waals surface area contributed by atoms with E-state index in [9.17, 15) is 22.9 Å². The highest BCUT2D eigenvalue weighted by Gasteiger charge is 2.52. The second kappa shape index (κ2) is 13.4. The van der Waals surface area contributed by atoms with Crippen molar-refractivity contribution in [2.24, 2.45) is 11.1 Å². The van der Waals surface area contributed by atoms with Gasteiger partial charge in [-0.05, 0) is 90.5 Å². The third-order valence-electron chi connectivity index (χ3n) is 10.3. The Labute approximate surface area is 296 Å². The maximum absolute atomic E-state index is 14.1. The standard InChI is InChI=1S/C40H37N3O7S/c44-38(43-46)30-14-18-35(41-24-30)42-39(45)33(29-13-17-34(32(22-29)26-11-12-26)51(47,48)31-15-16-31)21-25-19-20-40(23-25)49-36(27-7-3-1-4-8-27)37(50-40)28-9-5-2-6-10-28/h1-10,13-14,17-18,21-22,24-26,31,36-37H,11-12,15-16,19-20,23H2,(H,41,42,45)/b33-21+/t25-,36-,37-/m1/s1. The second-order valence-electron chi connectivity index (χ2n) is 13.9. The number of aromatic nitrogens is 1. The van der Waals surface area contributed by atoms with Gasteiger partial charge in [-0.2, -0.15) is 0 Å². The summed E-state index contributed by atoms with van der Waals surface area (Å²) >= 11 is 0. The number of nitrogens with one attached hydrogen (secondary N) is 1. The van der Waals surface area contributed by atoms with Crippen molar-refractivity contribution >= 4 is 33.0 Å². The summed E-state index contributed by atoms with van der Waals surface area (Å²) in [4.78, 5) is 41.0. The summed E-state index contributed by atoms with van der Waals surface area (Å²) in [5.41, 5.74) is 3.82. The van der Waals surface area contributed by atoms with E-state index in [4.69, 9.17) is 9.47 Å². The Kier molecular flexibility index (Phi) is 8.73. The first-order valence-corrected chi connectivity index (χ1v) is 19.0. The van der Waals surface area contributed by atoms with Gasteiger partial charge in [-0.25, -0.2) is 13.4 Å². The quantitative estimate of drug-likeness (QED) is 0.130. The number of ether oxygens (including phenoxy) is 2. The fourth-order valence-corrected chi connectivity index (χ4v) is 9.29. The zero-order valence-corrected chi connectivity index (χ0v) is 28.6. The third-order valence-corrected chi connectivity index (χ3v) is 12.6. The largest absolute Gasteiger partial charge is 0.339 e. The lowest BCUT2D eigenvalue weighted by molar-refractivity contribution is -0.172. The van der Waals surface area contributed by atoms with Crippen molar-refractivity contribution in [3.8, 4) is 0 Å². The van der Waals surface area contributed by atoms with E-state index in [1.54, 1.807) is 12.1 Å². The molecule has 2 heterocycles. The van der Waals surface area contributed by atoms with Gasteiger partial charge in [0.05, 0.1) is 15.7 Å². The van der Waals surface area contributed by atoms with Crippen molar-refractivity contribution in [3.05, 3.63) is 136 Å². The molecule has 0 unspecified atom stereocenters. The number of sulfone groups is 1. The van der Waals surface area contributed by atoms with E-state index < -0.39 is 27.4 Å². The Morgan fingerprint density at radius 3 is 2.04 bits per heavy atom. The average molecular weight is 704 g/mol. The summed E-state index contributed by atoms with van der Waals surface area (Å²) in [5, 5.41) is 4.92. The molecule has 0 radical (unpaired) electrons. The number of nitroso groups, excluding NO2 is 1. The Bertz CT molecular complexity index is 2060. The number of benzene rings is 3. The van der Waals surface area contributed by atoms with Crippen LogP contribution < -0.4 is 5.32 Å². The minimum Gasteiger partial charge on any atom is -0.339 e. The summed E-state index contributed by atoms with van der Waals surface area (Å²) in [6.45, 7) is 0. The molecule has 11 heteroatoms. The van der Waals surface area contributed by atoms with Crippen LogP contribution in [0.15, 0.2) is 113 Å². The molecular formula is C40H37N3O7S. The summed E-state index contributed by atoms with van der Waals surface area (Å²) < 4.78 is 40.5. The molecule has 1 saturated heterocycles. The van der Waals surface area contributed by atoms with Crippen molar-refractivity contribution in [2.45, 2.75) is 79.0 Å². The van der Waals surface area contributed by atoms with E-state index in [-0.39, 0.29) is 40.7 Å². The molecule has 3 aliphatic carbocycles. The lowest BCUT2D eigenvalue weighted by Gasteiger charge is -2.23. The predicted octanol–water partition coefficient (Wildman–Crippen LogP) is 7.85. The zero-order valence-electron chi connectivity index (χ0n) is 27.8. The van der Waals surface area contributed by atoms with Crippen molar-refractivity contribution in [3.63, 3.8) is 0 Å². The molecule has 4 aromatic rings. The van der Waals surface area contributed by atoms with E-state index in [1.807, 2.05) is 72.8 Å². The van der Waals surface area contributed by atoms with Crippen molar-refractivity contribution in [1.82, 2.24) is 4.98 Å². The first-order chi connectivity index (χ1) is 24.7. The van der Waals surface area contributed by atoms with Gasteiger partial charge in [0.25, 0.3) is 5.91 Å². The van der Waals surface area contributed by atoms with Crippen LogP contribution in [0.2, 0.25) is 0 Å². The third kappa shape index (κ3) is 6.81. The van der Waals surface area contributed by atoms with E-state index in [2.05, 4.69) is 15.5 Å². The van der Waals surface area contributed by atoms with E-state index in [0.29, 0.717) is 48.1 Å². The van der Waals surface area contributed by atoms with Crippen LogP contribution in [0.25, 0.3) is 5.57 Å². The number of amides is 2. The van der Waals surface area contributed by atoms with Crippen LogP contribution in [-0.2, 0) is 24.1 Å². The predicted molar refractivity (Wildman–Crippen MR) is 190 cm³/mol. The van der Waals surface area contributed by atoms with E-state index in [0.717, 1.165) is 29.5 Å². The number of nitrogens with zero attached hydrogens (tertiary/aromatic N) is 2. The molecule has 4 fully saturated rings. The van der Waals surface area contributed by atoms with Gasteiger partial charge in [0.15, 0.2) is 15.6 Å². The van der Waals surface area contributed by atoms with Gasteiger partial charge in [-0.1, -0.05) is 72.8 Å². The summed E-state index contributed by atoms with van der Waals surface area (Å²) in [6, 6.07) is 28.2. The number of carbonyl (C=O) groups is 2. The smallest absolute Gasteiger partial charge is 0.318 e. The number of hydrogen-bond donors (Lipinski definition) is 1. The number of allylic oxidation sites excluding steroid dienone is 1. The van der Waals surface area contributed by atoms with Gasteiger partial charge >= 0.3 is 5.91 Å². The minimum absolute atomic E-state index is 0.00994. The highest BCUT2D eigenvalue weighted by Crippen LogP contribution is 2.55. The molecule has 1 aliphatic heterocycles. The van der Waals surface area contributed by atoms with E-state index in [1.165, 1.54) is 18.3 Å². The van der Waals surface area contributed by atoms with Crippen LogP contribution in [0, 0.1) is 10.8 Å². The van der Waals surface area contributed by atoms with Gasteiger partial charge in [0.1, 0.15) is 18.0 Å². The lowest BCUT2D eigenvalue weighted by atomic mass is 9.95. The van der Waals surface area contributed by atoms with Crippen molar-refractivity contribution in [1.29, 1.82) is 0 Å². The first-order valence-electron chi connectivity index (χ1n) is 17.4. The molecule has 3 aromatic carbocycles. The molecule has 2 amide bonds. The molecule has 3 saturated carbocycles. The maximum Gasteiger partial charge on any atom is 0.318 e. The van der Waals surface area contributed by atoms with Gasteiger partial charge in [-0.15, -0.1) is 4.91 Å². The minimum atomic E-state index is -3.44. The SMILES string of the molecule is O=NC(=O)c1ccc(NC(=O)/C(=C/[C@H]2CCC3(C2)O[C@H](c2ccccc2)[C@@H](c2ccccc2)O3)c2ccc(S(=O)(=O)C3CC3)c(C3CC3)c2)nc1. The average Bonchev–Trinajstić information content (AvgIpc) is 4.11. The maximum atomic E-state index is 14.1. The van der Waals surface area contributed by atoms with Crippen LogP contribution in [-0.4, -0.2) is 36.3 Å². The lowest BCUT2D eigenvalue weighted by Crippen LogP contribution is -2.26. The number of anilines is 1. The molecule has 10 nitrogen and oxygen atoms in total. The topological polar surface area (TPSA) is 141 Å². The molecule has 1 N–H and O–H groups in total. The van der Waals surface area contributed by atoms with Crippen LogP contribution >= 0.6 is 0 Å². The fourth-order valence-electron chi connectivity index (χ4n) is 7.37. The zero-order chi connectivity index (χ0) is 35.2. The first kappa shape index (κ1) is 33.3. The Morgan fingerprint density at radius 2 is 1.47 bits per heavy atom. The molecule has 51 heavy (non-hydrogen) atoms. The van der Waals surface area contributed by atoms with Crippen molar-refractivity contribution < 1.29 is 27.5 Å². The van der Waals surface area contributed by atoms with Crippen molar-refractivity contribution in [2.75, 3.05) is 5.32 Å². The number of carbonyl (C=O) groups excluding carboxylic acids is 2. The second-order valence-corrected chi connectivity index (χ2v) is 16.1. The molecule has 8 rings (SSSR count). The normalized spacial score (nSPS) is 22.9. The van der Waals surface area contributed by atoms with Gasteiger partial charge in [0, 0.05) is 29.8 Å². The highest BCUT2D eigenvalue weighted by atomic mass is 32.2. The molecule has 1 spiro atoms. The molecule has 260 valence electrons. The Hall–Kier alpha value is -4.84. The van der Waals surface area contributed by atoms with Crippen LogP contribution in [0.3, 0.4) is 0 Å². The summed E-state index contributed by atoms with van der Waals surface area (Å²) in [6.07, 6.45) is 7.52. The van der Waals surface area contributed by atoms with Crippen LogP contribution in [0.5, 0.6) is 0 Å². The number of hydrogen-bond acceptors (Lipinski definition) is 8. The van der Waals surface area contributed by atoms with E-state index >= 15 is 0 Å². The van der Waals surface area contributed by atoms with Gasteiger partial charge < -0.3 is 14.8 Å². The number of pyridine rings is 1. The Morgan fingerprint density at radius 1 is 0.824 bits per heavy atom. The van der Waals surface area contributed by atoms with Gasteiger partial charge in [0.2, 0.25) is 0 Å². The molecular weight excluding hydrogens is 667 g/mol. The number of rotatable bonds is 10. The van der Waals surface area contributed by atoms with Gasteiger partial charge in [-0.3, -0.25) is 9.59 Å². The molecule has 1 aromatic heterocycles. The van der Waals surface area contributed by atoms with Crippen LogP contribution in [0.1, 0.15) is 95.7 Å². The fraction of sp³-hybridized carbons (Fsp3) is 0.325. The Balaban J connectivity index is 1.12. The molecule has 3 atom stereocenters. The van der Waals surface area contributed by atoms with Crippen LogP contribution in [0.4, 0.5) is 5.82 Å². The molecule has 4 aliphatic rings. The highest BCUT2D eigenvalue weighted by molar-refractivity contribution is 7.92. The monoisotopic (exact) mass is 703 g/mol. The summed E-state index contributed by atoms with van der Waals surface area (Å²) in [5.74, 6) is -2.02. The summed E-state index contributed by atoms with van der Waals surface area (Å²) in [7, 11) is -3.44. The molecule has 0 bridgehead atoms.